The highest BCUT2D eigenvalue weighted by molar-refractivity contribution is 7.98. The summed E-state index contributed by atoms with van der Waals surface area (Å²) in [5.41, 5.74) is 3.73. The molecule has 1 heterocycles. The molecule has 4 nitrogen and oxygen atoms in total. The Labute approximate surface area is 142 Å². The average Bonchev–Trinajstić information content (AvgIpc) is 3.05. The van der Waals surface area contributed by atoms with Crippen LogP contribution in [-0.4, -0.2) is 30.3 Å². The van der Waals surface area contributed by atoms with Crippen molar-refractivity contribution in [3.05, 3.63) is 59.5 Å². The third-order valence-electron chi connectivity index (χ3n) is 3.61. The number of thioether (sulfide) groups is 1. The van der Waals surface area contributed by atoms with E-state index in [1.165, 1.54) is 11.1 Å². The lowest BCUT2D eigenvalue weighted by atomic mass is 10.1. The summed E-state index contributed by atoms with van der Waals surface area (Å²) in [6.07, 6.45) is 4.25. The fraction of sp³-hybridized carbons (Fsp3) is 0.389. The molecule has 0 atom stereocenters. The maximum atomic E-state index is 11.9. The van der Waals surface area contributed by atoms with Gasteiger partial charge in [0.05, 0.1) is 19.1 Å². The molecule has 0 aliphatic heterocycles. The Morgan fingerprint density at radius 1 is 1.30 bits per heavy atom. The minimum absolute atomic E-state index is 0.0462. The van der Waals surface area contributed by atoms with E-state index >= 15 is 0 Å². The standard InChI is InChI=1S/C18H24N2O2S/c1-15-6-3-4-7-17(15)14-23-11-5-9-19-18(21)20(2)12-16-8-10-22-13-16/h3-4,6-8,10,13H,5,9,11-12,14H2,1-2H3,(H,19,21). The van der Waals surface area contributed by atoms with Crippen LogP contribution in [-0.2, 0) is 12.3 Å². The summed E-state index contributed by atoms with van der Waals surface area (Å²) < 4.78 is 5.00. The summed E-state index contributed by atoms with van der Waals surface area (Å²) in [5.74, 6) is 2.07. The van der Waals surface area contributed by atoms with Gasteiger partial charge in [0, 0.05) is 24.9 Å². The van der Waals surface area contributed by atoms with E-state index < -0.39 is 0 Å². The Balaban J connectivity index is 1.56. The topological polar surface area (TPSA) is 45.5 Å². The number of furan rings is 1. The summed E-state index contributed by atoms with van der Waals surface area (Å²) in [5, 5.41) is 2.95. The lowest BCUT2D eigenvalue weighted by Gasteiger charge is -2.17. The van der Waals surface area contributed by atoms with E-state index in [0.717, 1.165) is 23.5 Å². The quantitative estimate of drug-likeness (QED) is 0.742. The van der Waals surface area contributed by atoms with Crippen LogP contribution in [0.5, 0.6) is 0 Å². The molecule has 0 fully saturated rings. The van der Waals surface area contributed by atoms with Crippen LogP contribution >= 0.6 is 11.8 Å². The number of carbonyl (C=O) groups is 1. The van der Waals surface area contributed by atoms with Crippen LogP contribution in [0.2, 0.25) is 0 Å². The molecule has 2 aromatic rings. The lowest BCUT2D eigenvalue weighted by molar-refractivity contribution is 0.207. The molecule has 0 radical (unpaired) electrons. The zero-order valence-electron chi connectivity index (χ0n) is 13.7. The molecule has 0 spiro atoms. The molecule has 1 aromatic heterocycles. The number of carbonyl (C=O) groups excluding carboxylic acids is 1. The van der Waals surface area contributed by atoms with Crippen LogP contribution in [0.1, 0.15) is 23.1 Å². The highest BCUT2D eigenvalue weighted by Crippen LogP contribution is 2.16. The van der Waals surface area contributed by atoms with E-state index in [2.05, 4.69) is 36.5 Å². The number of hydrogen-bond donors (Lipinski definition) is 1. The number of nitrogens with one attached hydrogen (secondary N) is 1. The molecule has 0 bridgehead atoms. The van der Waals surface area contributed by atoms with Crippen LogP contribution in [0.15, 0.2) is 47.3 Å². The van der Waals surface area contributed by atoms with Crippen LogP contribution in [0.3, 0.4) is 0 Å². The van der Waals surface area contributed by atoms with Crippen molar-refractivity contribution in [2.75, 3.05) is 19.3 Å². The smallest absolute Gasteiger partial charge is 0.317 e. The Morgan fingerprint density at radius 3 is 2.87 bits per heavy atom. The molecule has 0 saturated carbocycles. The van der Waals surface area contributed by atoms with Crippen molar-refractivity contribution in [1.29, 1.82) is 0 Å². The molecule has 124 valence electrons. The first-order valence-electron chi connectivity index (χ1n) is 7.79. The minimum atomic E-state index is -0.0462. The van der Waals surface area contributed by atoms with Gasteiger partial charge >= 0.3 is 6.03 Å². The van der Waals surface area contributed by atoms with Crippen molar-refractivity contribution in [1.82, 2.24) is 10.2 Å². The number of aryl methyl sites for hydroxylation is 1. The molecule has 0 saturated heterocycles. The molecule has 5 heteroatoms. The molecule has 1 N–H and O–H groups in total. The summed E-state index contributed by atoms with van der Waals surface area (Å²) in [6.45, 7) is 3.41. The van der Waals surface area contributed by atoms with Crippen molar-refractivity contribution in [2.45, 2.75) is 25.6 Å². The maximum absolute atomic E-state index is 11.9. The second-order valence-electron chi connectivity index (χ2n) is 5.55. The predicted octanol–water partition coefficient (Wildman–Crippen LogP) is 4.05. The van der Waals surface area contributed by atoms with Crippen molar-refractivity contribution in [3.8, 4) is 0 Å². The molecule has 23 heavy (non-hydrogen) atoms. The van der Waals surface area contributed by atoms with E-state index in [-0.39, 0.29) is 6.03 Å². The average molecular weight is 332 g/mol. The van der Waals surface area contributed by atoms with Gasteiger partial charge < -0.3 is 14.6 Å². The number of urea groups is 1. The van der Waals surface area contributed by atoms with E-state index in [0.29, 0.717) is 13.1 Å². The van der Waals surface area contributed by atoms with Gasteiger partial charge in [0.25, 0.3) is 0 Å². The fourth-order valence-electron chi connectivity index (χ4n) is 2.19. The van der Waals surface area contributed by atoms with Gasteiger partial charge in [-0.2, -0.15) is 11.8 Å². The first-order valence-corrected chi connectivity index (χ1v) is 8.94. The number of amides is 2. The number of rotatable bonds is 8. The molecular formula is C18H24N2O2S. The third kappa shape index (κ3) is 6.02. The molecule has 0 aliphatic carbocycles. The molecule has 1 aromatic carbocycles. The normalized spacial score (nSPS) is 10.5. The Kier molecular flexibility index (Phi) is 7.07. The Bertz CT molecular complexity index is 599. The van der Waals surface area contributed by atoms with Crippen LogP contribution in [0.4, 0.5) is 4.79 Å². The van der Waals surface area contributed by atoms with Crippen LogP contribution < -0.4 is 5.32 Å². The highest BCUT2D eigenvalue weighted by atomic mass is 32.2. The van der Waals surface area contributed by atoms with Gasteiger partial charge in [-0.15, -0.1) is 0 Å². The summed E-state index contributed by atoms with van der Waals surface area (Å²) in [4.78, 5) is 13.6. The predicted molar refractivity (Wildman–Crippen MR) is 95.5 cm³/mol. The van der Waals surface area contributed by atoms with Gasteiger partial charge in [-0.1, -0.05) is 24.3 Å². The summed E-state index contributed by atoms with van der Waals surface area (Å²) >= 11 is 1.91. The Hall–Kier alpha value is -1.88. The zero-order valence-corrected chi connectivity index (χ0v) is 14.6. The van der Waals surface area contributed by atoms with Gasteiger partial charge in [0.15, 0.2) is 0 Å². The van der Waals surface area contributed by atoms with Gasteiger partial charge in [-0.3, -0.25) is 0 Å². The molecule has 2 rings (SSSR count). The first kappa shape index (κ1) is 17.5. The summed E-state index contributed by atoms with van der Waals surface area (Å²) in [7, 11) is 1.79. The molecule has 0 unspecified atom stereocenters. The van der Waals surface area contributed by atoms with E-state index in [1.807, 2.05) is 17.8 Å². The van der Waals surface area contributed by atoms with Crippen molar-refractivity contribution in [3.63, 3.8) is 0 Å². The fourth-order valence-corrected chi connectivity index (χ4v) is 3.22. The maximum Gasteiger partial charge on any atom is 0.317 e. The molecule has 2 amide bonds. The van der Waals surface area contributed by atoms with Gasteiger partial charge in [0.2, 0.25) is 0 Å². The van der Waals surface area contributed by atoms with Gasteiger partial charge in [-0.05, 0) is 36.3 Å². The van der Waals surface area contributed by atoms with Crippen molar-refractivity contribution >= 4 is 17.8 Å². The van der Waals surface area contributed by atoms with E-state index in [1.54, 1.807) is 24.5 Å². The number of nitrogens with zero attached hydrogens (tertiary/aromatic N) is 1. The van der Waals surface area contributed by atoms with Crippen LogP contribution in [0, 0.1) is 6.92 Å². The summed E-state index contributed by atoms with van der Waals surface area (Å²) in [6, 6.07) is 10.3. The second-order valence-corrected chi connectivity index (χ2v) is 6.66. The van der Waals surface area contributed by atoms with Gasteiger partial charge in [-0.25, -0.2) is 4.79 Å². The monoisotopic (exact) mass is 332 g/mol. The lowest BCUT2D eigenvalue weighted by Crippen LogP contribution is -2.37. The number of benzene rings is 1. The Morgan fingerprint density at radius 2 is 2.13 bits per heavy atom. The van der Waals surface area contributed by atoms with Crippen molar-refractivity contribution in [2.24, 2.45) is 0 Å². The number of hydrogen-bond acceptors (Lipinski definition) is 3. The molecule has 0 aliphatic rings. The first-order chi connectivity index (χ1) is 11.2. The van der Waals surface area contributed by atoms with E-state index in [9.17, 15) is 4.79 Å². The third-order valence-corrected chi connectivity index (χ3v) is 4.70. The van der Waals surface area contributed by atoms with E-state index in [4.69, 9.17) is 4.42 Å². The molecular weight excluding hydrogens is 308 g/mol. The second kappa shape index (κ2) is 9.30. The SMILES string of the molecule is Cc1ccccc1CSCCCNC(=O)N(C)Cc1ccoc1. The van der Waals surface area contributed by atoms with Crippen molar-refractivity contribution < 1.29 is 9.21 Å². The largest absolute Gasteiger partial charge is 0.472 e. The highest BCUT2D eigenvalue weighted by Gasteiger charge is 2.08. The van der Waals surface area contributed by atoms with Crippen LogP contribution in [0.25, 0.3) is 0 Å². The minimum Gasteiger partial charge on any atom is -0.472 e. The van der Waals surface area contributed by atoms with Gasteiger partial charge in [0.1, 0.15) is 0 Å². The zero-order chi connectivity index (χ0) is 16.5.